The summed E-state index contributed by atoms with van der Waals surface area (Å²) in [5.74, 6) is 0.315. The van der Waals surface area contributed by atoms with Gasteiger partial charge in [0.15, 0.2) is 6.10 Å². The van der Waals surface area contributed by atoms with E-state index < -0.39 is 24.4 Å². The summed E-state index contributed by atoms with van der Waals surface area (Å²) in [6.45, 7) is 2.74. The molecule has 1 aromatic rings. The van der Waals surface area contributed by atoms with Crippen LogP contribution >= 0.6 is 0 Å². The van der Waals surface area contributed by atoms with Gasteiger partial charge in [0.1, 0.15) is 11.9 Å². The zero-order valence-corrected chi connectivity index (χ0v) is 9.70. The fraction of sp³-hybridized carbons (Fsp3) is 0.636. The lowest BCUT2D eigenvalue weighted by molar-refractivity contribution is -0.231. The van der Waals surface area contributed by atoms with Crippen molar-refractivity contribution in [3.63, 3.8) is 0 Å². The zero-order valence-electron chi connectivity index (χ0n) is 9.70. The van der Waals surface area contributed by atoms with Crippen LogP contribution in [0, 0.1) is 0 Å². The molecule has 0 aliphatic heterocycles. The van der Waals surface area contributed by atoms with Gasteiger partial charge < -0.3 is 14.9 Å². The minimum Gasteiger partial charge on any atom is -0.467 e. The monoisotopic (exact) mass is 251 g/mol. The second-order valence-electron chi connectivity index (χ2n) is 3.83. The Kier molecular flexibility index (Phi) is 4.59. The van der Waals surface area contributed by atoms with E-state index >= 15 is 0 Å². The van der Waals surface area contributed by atoms with Crippen molar-refractivity contribution in [2.24, 2.45) is 5.73 Å². The number of alkyl halides is 3. The second-order valence-corrected chi connectivity index (χ2v) is 3.83. The second kappa shape index (κ2) is 5.55. The SMILES string of the molecule is CCC(N)C(OC(C)C(F)(F)F)c1ccco1. The maximum Gasteiger partial charge on any atom is 0.414 e. The van der Waals surface area contributed by atoms with Crippen LogP contribution in [0.25, 0.3) is 0 Å². The van der Waals surface area contributed by atoms with Gasteiger partial charge in [-0.3, -0.25) is 0 Å². The molecular weight excluding hydrogens is 235 g/mol. The molecule has 0 radical (unpaired) electrons. The van der Waals surface area contributed by atoms with E-state index in [-0.39, 0.29) is 0 Å². The Labute approximate surface area is 97.7 Å². The van der Waals surface area contributed by atoms with Gasteiger partial charge in [-0.25, -0.2) is 0 Å². The average Bonchev–Trinajstić information content (AvgIpc) is 2.76. The summed E-state index contributed by atoms with van der Waals surface area (Å²) in [7, 11) is 0. The Balaban J connectivity index is 2.79. The lowest BCUT2D eigenvalue weighted by Crippen LogP contribution is -2.36. The van der Waals surface area contributed by atoms with E-state index in [0.29, 0.717) is 12.2 Å². The molecule has 0 spiro atoms. The lowest BCUT2D eigenvalue weighted by Gasteiger charge is -2.26. The van der Waals surface area contributed by atoms with Gasteiger partial charge in [0.05, 0.1) is 6.26 Å². The van der Waals surface area contributed by atoms with E-state index in [1.165, 1.54) is 6.26 Å². The fourth-order valence-corrected chi connectivity index (χ4v) is 1.34. The van der Waals surface area contributed by atoms with E-state index in [2.05, 4.69) is 0 Å². The van der Waals surface area contributed by atoms with Crippen molar-refractivity contribution in [1.29, 1.82) is 0 Å². The summed E-state index contributed by atoms with van der Waals surface area (Å²) in [5, 5.41) is 0. The molecule has 0 amide bonds. The maximum atomic E-state index is 12.4. The van der Waals surface area contributed by atoms with E-state index in [1.807, 2.05) is 0 Å². The highest BCUT2D eigenvalue weighted by atomic mass is 19.4. The number of hydrogen-bond acceptors (Lipinski definition) is 3. The van der Waals surface area contributed by atoms with Crippen molar-refractivity contribution in [1.82, 2.24) is 0 Å². The number of hydrogen-bond donors (Lipinski definition) is 1. The molecule has 1 heterocycles. The summed E-state index contributed by atoms with van der Waals surface area (Å²) in [4.78, 5) is 0. The first-order valence-corrected chi connectivity index (χ1v) is 5.37. The third-order valence-electron chi connectivity index (χ3n) is 2.50. The minimum absolute atomic E-state index is 0.315. The first kappa shape index (κ1) is 14.1. The van der Waals surface area contributed by atoms with Crippen molar-refractivity contribution in [2.75, 3.05) is 0 Å². The van der Waals surface area contributed by atoms with Gasteiger partial charge in [0, 0.05) is 6.04 Å². The normalized spacial score (nSPS) is 17.8. The van der Waals surface area contributed by atoms with Gasteiger partial charge in [-0.1, -0.05) is 6.92 Å². The molecule has 1 rings (SSSR count). The Morgan fingerprint density at radius 1 is 1.47 bits per heavy atom. The molecule has 0 fully saturated rings. The van der Waals surface area contributed by atoms with Gasteiger partial charge in [0.25, 0.3) is 0 Å². The van der Waals surface area contributed by atoms with E-state index in [4.69, 9.17) is 14.9 Å². The molecule has 0 aromatic carbocycles. The van der Waals surface area contributed by atoms with Crippen molar-refractivity contribution < 1.29 is 22.3 Å². The average molecular weight is 251 g/mol. The van der Waals surface area contributed by atoms with Gasteiger partial charge in [-0.2, -0.15) is 13.2 Å². The molecule has 3 nitrogen and oxygen atoms in total. The Morgan fingerprint density at radius 2 is 2.12 bits per heavy atom. The largest absolute Gasteiger partial charge is 0.467 e. The van der Waals surface area contributed by atoms with Gasteiger partial charge in [-0.05, 0) is 25.5 Å². The molecule has 0 saturated heterocycles. The molecule has 3 atom stereocenters. The highest BCUT2D eigenvalue weighted by Crippen LogP contribution is 2.30. The molecule has 0 aliphatic rings. The summed E-state index contributed by atoms with van der Waals surface area (Å²) in [6, 6.07) is 2.61. The summed E-state index contributed by atoms with van der Waals surface area (Å²) in [5.41, 5.74) is 5.75. The molecule has 17 heavy (non-hydrogen) atoms. The molecule has 98 valence electrons. The van der Waals surface area contributed by atoms with Crippen LogP contribution < -0.4 is 5.73 Å². The third-order valence-corrected chi connectivity index (χ3v) is 2.50. The minimum atomic E-state index is -4.40. The quantitative estimate of drug-likeness (QED) is 0.875. The summed E-state index contributed by atoms with van der Waals surface area (Å²) in [6.07, 6.45) is -5.29. The van der Waals surface area contributed by atoms with Gasteiger partial charge >= 0.3 is 6.18 Å². The molecule has 1 aromatic heterocycles. The Bertz CT molecular complexity index is 324. The Morgan fingerprint density at radius 3 is 2.53 bits per heavy atom. The molecule has 0 saturated carbocycles. The fourth-order valence-electron chi connectivity index (χ4n) is 1.34. The van der Waals surface area contributed by atoms with Crippen LogP contribution in [0.2, 0.25) is 0 Å². The molecule has 2 N–H and O–H groups in total. The number of halogens is 3. The van der Waals surface area contributed by atoms with Crippen LogP contribution in [0.3, 0.4) is 0 Å². The smallest absolute Gasteiger partial charge is 0.414 e. The Hall–Kier alpha value is -1.01. The predicted octanol–water partition coefficient (Wildman–Crippen LogP) is 3.03. The van der Waals surface area contributed by atoms with E-state index in [9.17, 15) is 13.2 Å². The van der Waals surface area contributed by atoms with Crippen LogP contribution in [0.4, 0.5) is 13.2 Å². The first-order chi connectivity index (χ1) is 7.86. The number of furan rings is 1. The van der Waals surface area contributed by atoms with Crippen LogP contribution in [0.5, 0.6) is 0 Å². The van der Waals surface area contributed by atoms with Crippen LogP contribution in [0.1, 0.15) is 32.1 Å². The van der Waals surface area contributed by atoms with Crippen molar-refractivity contribution in [3.05, 3.63) is 24.2 Å². The molecule has 0 aliphatic carbocycles. The summed E-state index contributed by atoms with van der Waals surface area (Å²) < 4.78 is 47.3. The van der Waals surface area contributed by atoms with Crippen molar-refractivity contribution in [2.45, 2.75) is 44.7 Å². The maximum absolute atomic E-state index is 12.4. The predicted molar refractivity (Wildman–Crippen MR) is 56.3 cm³/mol. The van der Waals surface area contributed by atoms with Gasteiger partial charge in [0.2, 0.25) is 0 Å². The standard InChI is InChI=1S/C11H16F3NO2/c1-3-8(15)10(9-5-4-6-16-9)17-7(2)11(12,13)14/h4-8,10H,3,15H2,1-2H3. The van der Waals surface area contributed by atoms with Gasteiger partial charge in [-0.15, -0.1) is 0 Å². The van der Waals surface area contributed by atoms with Crippen LogP contribution in [-0.2, 0) is 4.74 Å². The summed E-state index contributed by atoms with van der Waals surface area (Å²) >= 11 is 0. The molecule has 3 unspecified atom stereocenters. The van der Waals surface area contributed by atoms with E-state index in [1.54, 1.807) is 19.1 Å². The van der Waals surface area contributed by atoms with E-state index in [0.717, 1.165) is 6.92 Å². The van der Waals surface area contributed by atoms with Crippen molar-refractivity contribution in [3.8, 4) is 0 Å². The third kappa shape index (κ3) is 3.74. The number of nitrogens with two attached hydrogens (primary N) is 1. The van der Waals surface area contributed by atoms with Crippen molar-refractivity contribution >= 4 is 0 Å². The lowest BCUT2D eigenvalue weighted by atomic mass is 10.1. The number of rotatable bonds is 5. The molecular formula is C11H16F3NO2. The topological polar surface area (TPSA) is 48.4 Å². The zero-order chi connectivity index (χ0) is 13.1. The number of ether oxygens (including phenoxy) is 1. The van der Waals surface area contributed by atoms with Crippen LogP contribution in [-0.4, -0.2) is 18.3 Å². The van der Waals surface area contributed by atoms with Crippen LogP contribution in [0.15, 0.2) is 22.8 Å². The molecule has 0 bridgehead atoms. The highest BCUT2D eigenvalue weighted by molar-refractivity contribution is 5.05. The molecule has 6 heteroatoms. The highest BCUT2D eigenvalue weighted by Gasteiger charge is 2.40. The first-order valence-electron chi connectivity index (χ1n) is 5.37.